The summed E-state index contributed by atoms with van der Waals surface area (Å²) in [5, 5.41) is 2.87. The molecule has 0 unspecified atom stereocenters. The molecule has 6 aromatic carbocycles. The molecule has 0 bridgehead atoms. The number of ether oxygens (including phenoxy) is 6. The summed E-state index contributed by atoms with van der Waals surface area (Å²) in [6, 6.07) is 12.8. The Balaban J connectivity index is 0.000000181. The normalized spacial score (nSPS) is 32.9. The van der Waals surface area contributed by atoms with E-state index < -0.39 is 238 Å². The molecule has 30 heteroatoms. The average Bonchev–Trinajstić information content (AvgIpc) is 1.60. The molecule has 30 nitrogen and oxygen atoms in total. The summed E-state index contributed by atoms with van der Waals surface area (Å²) in [5.41, 5.74) is 5.38. The van der Waals surface area contributed by atoms with E-state index in [9.17, 15) is 28.8 Å². The first-order valence-electron chi connectivity index (χ1n) is 67.6. The van der Waals surface area contributed by atoms with Gasteiger partial charge < -0.3 is 120 Å². The maximum absolute atomic E-state index is 11.6. The number of aromatic nitrogens is 6. The third-order valence-electron chi connectivity index (χ3n) is 18.5. The van der Waals surface area contributed by atoms with E-state index in [-0.39, 0.29) is 129 Å². The van der Waals surface area contributed by atoms with Gasteiger partial charge in [0.15, 0.2) is 16.9 Å². The Morgan fingerprint density at radius 3 is 0.738 bits per heavy atom. The van der Waals surface area contributed by atoms with E-state index in [0.717, 1.165) is 48.0 Å². The number of aromatic amines is 6. The lowest BCUT2D eigenvalue weighted by atomic mass is 10.0. The molecular weight excluding hydrogens is 1600 g/mol. The number of carbonyl (C=O) groups excluding carboxylic acids is 6. The van der Waals surface area contributed by atoms with Crippen molar-refractivity contribution in [2.75, 3.05) is 163 Å². The van der Waals surface area contributed by atoms with Gasteiger partial charge in [0.1, 0.15) is 39.4 Å². The number of benzene rings is 6. The Bertz CT molecular complexity index is 8610. The van der Waals surface area contributed by atoms with Crippen LogP contribution >= 0.6 is 0 Å². The largest absolute Gasteiger partial charge is 0.447 e. The second kappa shape index (κ2) is 43.7. The van der Waals surface area contributed by atoms with Gasteiger partial charge in [0.25, 0.3) is 0 Å². The smallest absolute Gasteiger partial charge is 0.407 e. The molecule has 12 aromatic rings. The lowest BCUT2D eigenvalue weighted by molar-refractivity contribution is 0.176. The molecule has 0 radical (unpaired) electrons. The molecule has 126 heavy (non-hydrogen) atoms. The van der Waals surface area contributed by atoms with Crippen molar-refractivity contribution in [2.24, 2.45) is 0 Å². The third kappa shape index (κ3) is 26.5. The van der Waals surface area contributed by atoms with Crippen molar-refractivity contribution < 1.29 is 140 Å². The standard InChI is InChI=1S/6C16H21N3O2/c6*1-19(2)6-5-12-9-17-15-4-3-11(8-14(12)15)7-13-10-21-16(20)18-13/h6*3-4,8-9,13,17H,5-7,10H2,1-2H3,(H,18,20)/t6*13-/m000000/s1/i1D3,2D3,6D2,10D2,13D;1D3,2D3,5D2,10D2,13D;1D3,6D2,10D2,13D;1D3,5D2,10D2,13D;6D2,10D2,13D;5D2,10D2,13D/hD12. The Hall–Kier alpha value is -12.1. The Morgan fingerprint density at radius 1 is 0.302 bits per heavy atom. The summed E-state index contributed by atoms with van der Waals surface area (Å²) in [5.74, 6) is 0. The Kier molecular flexibility index (Phi) is 14.6. The maximum atomic E-state index is 11.6. The number of nitrogens with zero attached hydrogens (tertiary/aromatic N) is 6. The summed E-state index contributed by atoms with van der Waals surface area (Å²) >= 11 is 0. The van der Waals surface area contributed by atoms with E-state index in [4.69, 9.17) is 82.7 Å². The van der Waals surface area contributed by atoms with Gasteiger partial charge in [0.05, 0.1) is 60.8 Å². The molecule has 12 heterocycles. The van der Waals surface area contributed by atoms with Gasteiger partial charge in [0, 0.05) is 183 Å². The first-order chi connectivity index (χ1) is 84.0. The number of fused-ring (bicyclic) bond motifs is 6. The molecule has 6 aromatic heterocycles. The van der Waals surface area contributed by atoms with Gasteiger partial charge in [-0.1, -0.05) is 36.4 Å². The highest BCUT2D eigenvalue weighted by molar-refractivity contribution is 5.88. The maximum Gasteiger partial charge on any atom is 0.407 e. The average molecular weight is 1780 g/mol. The minimum Gasteiger partial charge on any atom is -0.447 e. The predicted molar refractivity (Wildman–Crippen MR) is 495 cm³/mol. The lowest BCUT2D eigenvalue weighted by Gasteiger charge is -2.09. The van der Waals surface area contributed by atoms with Gasteiger partial charge in [-0.3, -0.25) is 0 Å². The van der Waals surface area contributed by atoms with Gasteiger partial charge in [-0.2, -0.15) is 0 Å². The Morgan fingerprint density at radius 2 is 0.516 bits per heavy atom. The third-order valence-corrected chi connectivity index (χ3v) is 18.5. The summed E-state index contributed by atoms with van der Waals surface area (Å²) in [6.07, 6.45) is -9.85. The lowest BCUT2D eigenvalue weighted by Crippen LogP contribution is -2.28. The number of alkyl carbamates (subject to hydrolysis) is 6. The molecule has 672 valence electrons. The zero-order valence-corrected chi connectivity index (χ0v) is 68.3. The highest BCUT2D eigenvalue weighted by Gasteiger charge is 2.29. The van der Waals surface area contributed by atoms with E-state index in [1.807, 2.05) is 0 Å². The minimum atomic E-state index is -3.28. The number of hydrogen-bond acceptors (Lipinski definition) is 18. The van der Waals surface area contributed by atoms with Crippen molar-refractivity contribution in [3.8, 4) is 0 Å². The van der Waals surface area contributed by atoms with Crippen LogP contribution in [-0.2, 0) is 105 Å². The first-order valence-corrected chi connectivity index (χ1v) is 38.2. The second-order valence-corrected chi connectivity index (χ2v) is 28.7. The SMILES string of the molecule is [2H]N1C(=O)OC([2H])([2H])[C@]1([2H])Cc1ccc2c(c1)c(C([2H])([2H])CN(C([2H])([2H])[2H])C([2H])([2H])[2H])cn2[2H].[2H]N1C(=O)OC([2H])([2H])[C@]1([2H])Cc1ccc2c(c1)c(C([2H])([2H])CN(C)C([2H])([2H])[2H])cn2[2H].[2H]N1C(=O)OC([2H])([2H])[C@]1([2H])Cc1ccc2c(c1)c(C([2H])([2H])CN(C)C)cn2[2H].[2H]N1C(=O)OC([2H])([2H])[C@]1([2H])Cc1ccc2c(c1)c(CC([2H])([2H])N(C([2H])([2H])[2H])C([2H])([2H])[2H])cn2[2H].[2H]N1C(=O)OC([2H])([2H])[C@]1([2H])Cc1ccc2c(c1)c(CC([2H])([2H])N(C)C([2H])([2H])[2H])cn2[2H].[2H]N1C(=O)OC([2H])([2H])[C@]1([2H])Cc1ccc2c(c1)c(CC([2H])([2H])N(C)C)cn2[2H]. The van der Waals surface area contributed by atoms with Gasteiger partial charge in [-0.25, -0.2) is 28.8 Å². The van der Waals surface area contributed by atoms with Crippen LogP contribution in [0.4, 0.5) is 28.8 Å². The van der Waals surface area contributed by atoms with Crippen LogP contribution in [0.25, 0.3) is 65.4 Å². The van der Waals surface area contributed by atoms with E-state index >= 15 is 0 Å². The van der Waals surface area contributed by atoms with E-state index in [1.54, 1.807) is 69.5 Å². The van der Waals surface area contributed by atoms with E-state index in [2.05, 4.69) is 28.4 Å². The van der Waals surface area contributed by atoms with Crippen molar-refractivity contribution in [1.82, 2.24) is 91.1 Å². The molecule has 6 aliphatic rings. The van der Waals surface area contributed by atoms with Crippen molar-refractivity contribution in [3.63, 3.8) is 0 Å². The fourth-order valence-corrected chi connectivity index (χ4v) is 12.7. The van der Waals surface area contributed by atoms with Crippen LogP contribution < -0.4 is 31.9 Å². The van der Waals surface area contributed by atoms with Crippen LogP contribution in [0.15, 0.2) is 146 Å². The molecule has 6 amide bonds. The summed E-state index contributed by atoms with van der Waals surface area (Å²) in [7, 11) is 9.14. The van der Waals surface area contributed by atoms with Crippen LogP contribution in [0.3, 0.4) is 0 Å². The molecule has 6 atom stereocenters. The van der Waals surface area contributed by atoms with Gasteiger partial charge in [0.2, 0.25) is 0 Å². The number of rotatable bonds is 30. The molecule has 12 N–H and O–H groups in total. The number of nitrogens with one attached hydrogen (secondary N) is 12. The van der Waals surface area contributed by atoms with Crippen molar-refractivity contribution in [3.05, 3.63) is 213 Å². The van der Waals surface area contributed by atoms with Crippen LogP contribution in [0, 0.1) is 0 Å². The molecule has 0 saturated carbocycles. The number of aryl methyl sites for hydroxylation is 3. The molecule has 0 aliphatic carbocycles. The van der Waals surface area contributed by atoms with Gasteiger partial charge in [-0.05, 0) is 301 Å². The Labute approximate surface area is 821 Å². The van der Waals surface area contributed by atoms with Crippen LogP contribution in [0.1, 0.15) is 133 Å². The minimum absolute atomic E-state index is 0.0326. The fourth-order valence-electron chi connectivity index (χ4n) is 12.7. The molecule has 18 rings (SSSR count). The van der Waals surface area contributed by atoms with E-state index in [1.165, 1.54) is 116 Å². The number of cyclic esters (lactones) is 6. The molecule has 6 fully saturated rings. The highest BCUT2D eigenvalue weighted by atomic mass is 16.6. The monoisotopic (exact) mass is 1780 g/mol. The van der Waals surface area contributed by atoms with Crippen LogP contribution in [0.5, 0.6) is 0 Å². The van der Waals surface area contributed by atoms with Crippen molar-refractivity contribution in [1.29, 1.82) is 0 Å². The molecule has 0 spiro atoms. The van der Waals surface area contributed by atoms with Crippen LogP contribution in [-0.4, -0.2) is 295 Å². The zero-order valence-electron chi connectivity index (χ0n) is 128. The summed E-state index contributed by atoms with van der Waals surface area (Å²) in [6.45, 7) is -42.6. The molecule has 6 aliphatic heterocycles. The predicted octanol–water partition coefficient (Wildman–Crippen LogP) is 11.5. The summed E-state index contributed by atoms with van der Waals surface area (Å²) in [4.78, 5) is 80.0. The molecular formula is C96H126N18O12. The number of hydrogen-bond donors (Lipinski definition) is 12. The summed E-state index contributed by atoms with van der Waals surface area (Å²) < 4.78 is 499. The molecule has 6 saturated heterocycles. The highest BCUT2D eigenvalue weighted by Crippen LogP contribution is 2.29. The van der Waals surface area contributed by atoms with Gasteiger partial charge in [-0.15, -0.1) is 0 Å². The van der Waals surface area contributed by atoms with E-state index in [0.29, 0.717) is 82.1 Å². The zero-order chi connectivity index (χ0) is 141. The topological polar surface area (TPSA) is 344 Å². The van der Waals surface area contributed by atoms with Crippen molar-refractivity contribution >= 4 is 102 Å². The number of likely N-dealkylation sites (N-methyl/N-ethyl adjacent to an activating group) is 6. The van der Waals surface area contributed by atoms with Crippen molar-refractivity contribution in [2.45, 2.75) is 113 Å². The number of H-pyrrole nitrogens is 6. The van der Waals surface area contributed by atoms with Gasteiger partial charge >= 0.3 is 36.6 Å². The fraction of sp³-hybridized carbons (Fsp3) is 0.438. The van der Waals surface area contributed by atoms with Crippen LogP contribution in [0.2, 0.25) is 16.9 Å². The number of amides is 6. The second-order valence-electron chi connectivity index (χ2n) is 28.7. The first kappa shape index (κ1) is 42.0. The number of carbonyl (C=O) groups is 6. The quantitative estimate of drug-likeness (QED) is 0.0186.